The number of hydrogen-bond donors (Lipinski definition) is 2. The van der Waals surface area contributed by atoms with Crippen molar-refractivity contribution in [3.05, 3.63) is 41.2 Å². The van der Waals surface area contributed by atoms with Crippen LogP contribution in [0.5, 0.6) is 0 Å². The monoisotopic (exact) mass is 375 g/mol. The molecule has 0 bridgehead atoms. The Morgan fingerprint density at radius 3 is 2.26 bits per heavy atom. The Labute approximate surface area is 162 Å². The Morgan fingerprint density at radius 1 is 1.11 bits per heavy atom. The number of hydrogen-bond acceptors (Lipinski definition) is 3. The lowest BCUT2D eigenvalue weighted by atomic mass is 9.92. The molecule has 0 amide bonds. The Morgan fingerprint density at radius 2 is 1.74 bits per heavy atom. The number of ether oxygens (including phenoxy) is 1. The van der Waals surface area contributed by atoms with E-state index >= 15 is 0 Å². The van der Waals surface area contributed by atoms with Crippen molar-refractivity contribution in [3.8, 4) is 0 Å². The Balaban J connectivity index is 2.32. The molecule has 0 aliphatic carbocycles. The number of rotatable bonds is 5. The molecule has 2 rings (SSSR count). The van der Waals surface area contributed by atoms with E-state index in [9.17, 15) is 4.39 Å². The van der Waals surface area contributed by atoms with Crippen molar-refractivity contribution in [2.45, 2.75) is 73.0 Å². The average Bonchev–Trinajstić information content (AvgIpc) is 2.83. The Bertz CT molecular complexity index is 847. The van der Waals surface area contributed by atoms with Crippen molar-refractivity contribution in [2.24, 2.45) is 0 Å². The summed E-state index contributed by atoms with van der Waals surface area (Å²) in [7, 11) is 0. The smallest absolute Gasteiger partial charge is 0.185 e. The van der Waals surface area contributed by atoms with Crippen LogP contribution in [0, 0.1) is 5.82 Å². The van der Waals surface area contributed by atoms with Crippen molar-refractivity contribution in [2.75, 3.05) is 12.3 Å². The minimum Gasteiger partial charge on any atom is -0.474 e. The molecule has 1 aromatic heterocycles. The molecule has 5 heteroatoms. The van der Waals surface area contributed by atoms with Gasteiger partial charge in [-0.1, -0.05) is 20.8 Å². The fourth-order valence-corrected chi connectivity index (χ4v) is 3.07. The predicted octanol–water partition coefficient (Wildman–Crippen LogP) is 5.32. The highest BCUT2D eigenvalue weighted by molar-refractivity contribution is 5.85. The van der Waals surface area contributed by atoms with Gasteiger partial charge in [0.15, 0.2) is 5.88 Å². The zero-order valence-electron chi connectivity index (χ0n) is 18.0. The molecule has 2 aromatic rings. The summed E-state index contributed by atoms with van der Waals surface area (Å²) >= 11 is 0. The second-order valence-corrected chi connectivity index (χ2v) is 9.33. The molecule has 0 atom stereocenters. The molecule has 27 heavy (non-hydrogen) atoms. The van der Waals surface area contributed by atoms with Crippen LogP contribution in [-0.2, 0) is 16.7 Å². The molecule has 0 aliphatic heterocycles. The number of nitrogens with one attached hydrogen (secondary N) is 1. The molecular weight excluding hydrogens is 341 g/mol. The van der Waals surface area contributed by atoms with Crippen molar-refractivity contribution in [1.82, 2.24) is 9.88 Å². The summed E-state index contributed by atoms with van der Waals surface area (Å²) in [4.78, 5) is 0. The first-order chi connectivity index (χ1) is 12.3. The summed E-state index contributed by atoms with van der Waals surface area (Å²) in [6.45, 7) is 18.0. The number of allylic oxidation sites excluding steroid dienone is 1. The number of benzene rings is 1. The van der Waals surface area contributed by atoms with E-state index in [1.807, 2.05) is 34.6 Å². The van der Waals surface area contributed by atoms with Gasteiger partial charge in [0.2, 0.25) is 0 Å². The lowest BCUT2D eigenvalue weighted by Gasteiger charge is -2.26. The van der Waals surface area contributed by atoms with E-state index in [-0.39, 0.29) is 22.5 Å². The maximum absolute atomic E-state index is 14.1. The van der Waals surface area contributed by atoms with Gasteiger partial charge in [-0.2, -0.15) is 0 Å². The summed E-state index contributed by atoms with van der Waals surface area (Å²) in [6, 6.07) is 5.36. The van der Waals surface area contributed by atoms with E-state index in [0.29, 0.717) is 13.1 Å². The lowest BCUT2D eigenvalue weighted by Crippen LogP contribution is -2.29. The summed E-state index contributed by atoms with van der Waals surface area (Å²) < 4.78 is 22.3. The van der Waals surface area contributed by atoms with Crippen LogP contribution in [0.2, 0.25) is 0 Å². The van der Waals surface area contributed by atoms with Crippen molar-refractivity contribution >= 4 is 16.6 Å². The average molecular weight is 376 g/mol. The van der Waals surface area contributed by atoms with Crippen molar-refractivity contribution < 1.29 is 9.13 Å². The van der Waals surface area contributed by atoms with Crippen LogP contribution in [0.25, 0.3) is 10.9 Å². The fourth-order valence-electron chi connectivity index (χ4n) is 3.07. The number of fused-ring (bicyclic) bond motifs is 1. The van der Waals surface area contributed by atoms with Crippen molar-refractivity contribution in [1.29, 1.82) is 0 Å². The van der Waals surface area contributed by atoms with Gasteiger partial charge in [0, 0.05) is 35.7 Å². The summed E-state index contributed by atoms with van der Waals surface area (Å²) in [5.41, 5.74) is 8.73. The van der Waals surface area contributed by atoms with Crippen molar-refractivity contribution in [3.63, 3.8) is 0 Å². The second-order valence-electron chi connectivity index (χ2n) is 9.33. The van der Waals surface area contributed by atoms with Gasteiger partial charge < -0.3 is 20.4 Å². The van der Waals surface area contributed by atoms with Crippen LogP contribution in [0.1, 0.15) is 61.1 Å². The molecule has 0 spiro atoms. The van der Waals surface area contributed by atoms with Gasteiger partial charge in [-0.15, -0.1) is 0 Å². The van der Waals surface area contributed by atoms with E-state index in [2.05, 4.69) is 36.7 Å². The molecule has 0 radical (unpaired) electrons. The van der Waals surface area contributed by atoms with Crippen LogP contribution in [0.15, 0.2) is 29.7 Å². The molecule has 3 N–H and O–H groups in total. The number of nitrogens with two attached hydrogens (primary N) is 1. The molecule has 0 aliphatic rings. The maximum Gasteiger partial charge on any atom is 0.185 e. The molecular formula is C22H34FN3O. The third kappa shape index (κ3) is 5.18. The van der Waals surface area contributed by atoms with Gasteiger partial charge in [0.1, 0.15) is 11.4 Å². The van der Waals surface area contributed by atoms with E-state index in [1.165, 1.54) is 6.07 Å². The predicted molar refractivity (Wildman–Crippen MR) is 112 cm³/mol. The van der Waals surface area contributed by atoms with Gasteiger partial charge in [0.05, 0.1) is 11.2 Å². The fraction of sp³-hybridized carbons (Fsp3) is 0.545. The first-order valence-electron chi connectivity index (χ1n) is 9.48. The summed E-state index contributed by atoms with van der Waals surface area (Å²) in [5, 5.41) is 4.37. The zero-order chi connectivity index (χ0) is 20.6. The minimum absolute atomic E-state index is 0.0640. The minimum atomic E-state index is -0.378. The molecule has 1 aromatic carbocycles. The quantitative estimate of drug-likeness (QED) is 0.549. The highest BCUT2D eigenvalue weighted by Crippen LogP contribution is 2.31. The molecule has 0 unspecified atom stereocenters. The molecule has 4 nitrogen and oxygen atoms in total. The first kappa shape index (κ1) is 21.1. The SMILES string of the molecule is CC(C)=C(NCCn1c(C(C)(C)C)cc2cc(N)c(F)cc21)OC(C)(C)C. The van der Waals surface area contributed by atoms with E-state index < -0.39 is 0 Å². The molecule has 0 saturated carbocycles. The van der Waals surface area contributed by atoms with Gasteiger partial charge >= 0.3 is 0 Å². The summed E-state index contributed by atoms with van der Waals surface area (Å²) in [6.07, 6.45) is 0. The van der Waals surface area contributed by atoms with Gasteiger partial charge in [-0.25, -0.2) is 4.39 Å². The Hall–Kier alpha value is -2.17. The number of anilines is 1. The molecule has 1 heterocycles. The normalized spacial score (nSPS) is 12.3. The highest BCUT2D eigenvalue weighted by atomic mass is 19.1. The standard InChI is InChI=1S/C22H34FN3O/c1-14(2)20(27-22(6,7)8)25-9-10-26-18-13-16(23)17(24)11-15(18)12-19(26)21(3,4)5/h11-13,25H,9-10,24H2,1-8H3. The second kappa shape index (κ2) is 7.45. The third-order valence-corrected chi connectivity index (χ3v) is 4.27. The lowest BCUT2D eigenvalue weighted by molar-refractivity contribution is 0.0382. The molecule has 0 fully saturated rings. The van der Waals surface area contributed by atoms with Crippen LogP contribution in [0.3, 0.4) is 0 Å². The van der Waals surface area contributed by atoms with E-state index in [1.54, 1.807) is 6.07 Å². The number of aromatic nitrogens is 1. The first-order valence-corrected chi connectivity index (χ1v) is 9.48. The van der Waals surface area contributed by atoms with E-state index in [0.717, 1.165) is 28.1 Å². The highest BCUT2D eigenvalue weighted by Gasteiger charge is 2.22. The largest absolute Gasteiger partial charge is 0.474 e. The maximum atomic E-state index is 14.1. The number of halogens is 1. The van der Waals surface area contributed by atoms with Crippen LogP contribution in [-0.4, -0.2) is 16.7 Å². The van der Waals surface area contributed by atoms with Crippen LogP contribution >= 0.6 is 0 Å². The van der Waals surface area contributed by atoms with Gasteiger partial charge in [-0.3, -0.25) is 0 Å². The van der Waals surface area contributed by atoms with Gasteiger partial charge in [-0.05, 0) is 52.3 Å². The summed E-state index contributed by atoms with van der Waals surface area (Å²) in [5.74, 6) is 0.419. The number of nitrogens with zero attached hydrogens (tertiary/aromatic N) is 1. The Kier molecular flexibility index (Phi) is 5.83. The van der Waals surface area contributed by atoms with Crippen LogP contribution in [0.4, 0.5) is 10.1 Å². The van der Waals surface area contributed by atoms with E-state index in [4.69, 9.17) is 10.5 Å². The third-order valence-electron chi connectivity index (χ3n) is 4.27. The topological polar surface area (TPSA) is 52.2 Å². The van der Waals surface area contributed by atoms with Crippen LogP contribution < -0.4 is 11.1 Å². The van der Waals surface area contributed by atoms with Gasteiger partial charge in [0.25, 0.3) is 0 Å². The zero-order valence-corrected chi connectivity index (χ0v) is 18.0. The molecule has 0 saturated heterocycles. The number of nitrogen functional groups attached to an aromatic ring is 1. The molecule has 150 valence electrons.